The van der Waals surface area contributed by atoms with Gasteiger partial charge in [0, 0.05) is 18.0 Å². The Morgan fingerprint density at radius 2 is 2.28 bits per heavy atom. The van der Waals surface area contributed by atoms with Crippen LogP contribution in [-0.2, 0) is 16.0 Å². The first-order chi connectivity index (χ1) is 8.57. The molecule has 1 saturated carbocycles. The fraction of sp³-hybridized carbons (Fsp3) is 0.643. The standard InChI is InChI=1S/C14H21NO2S/c1-11-5-9-18-12(11)4-8-15(2)10-14(6-7-14)13(16)17-3/h5,9H,4,6-8,10H2,1-3H3. The number of carbonyl (C=O) groups is 1. The summed E-state index contributed by atoms with van der Waals surface area (Å²) >= 11 is 1.82. The number of hydrogen-bond donors (Lipinski definition) is 0. The largest absolute Gasteiger partial charge is 0.469 e. The molecule has 1 aliphatic rings. The minimum absolute atomic E-state index is 0.0401. The summed E-state index contributed by atoms with van der Waals surface area (Å²) in [6, 6.07) is 2.16. The summed E-state index contributed by atoms with van der Waals surface area (Å²) in [5, 5.41) is 2.14. The van der Waals surface area contributed by atoms with Crippen molar-refractivity contribution in [1.29, 1.82) is 0 Å². The van der Waals surface area contributed by atoms with Gasteiger partial charge in [0.1, 0.15) is 0 Å². The van der Waals surface area contributed by atoms with Gasteiger partial charge in [0.2, 0.25) is 0 Å². The van der Waals surface area contributed by atoms with Crippen LogP contribution >= 0.6 is 11.3 Å². The van der Waals surface area contributed by atoms with Crippen LogP contribution in [0.2, 0.25) is 0 Å². The minimum Gasteiger partial charge on any atom is -0.469 e. The predicted molar refractivity (Wildman–Crippen MR) is 73.9 cm³/mol. The Hall–Kier alpha value is -0.870. The van der Waals surface area contributed by atoms with E-state index < -0.39 is 0 Å². The number of rotatable bonds is 6. The summed E-state index contributed by atoms with van der Waals surface area (Å²) in [7, 11) is 3.57. The first-order valence-corrected chi connectivity index (χ1v) is 7.25. The van der Waals surface area contributed by atoms with Crippen LogP contribution in [0.4, 0.5) is 0 Å². The number of esters is 1. The summed E-state index contributed by atoms with van der Waals surface area (Å²) in [5.74, 6) is -0.0401. The molecule has 2 rings (SSSR count). The Bertz CT molecular complexity index is 423. The molecule has 0 atom stereocenters. The van der Waals surface area contributed by atoms with Gasteiger partial charge in [0.05, 0.1) is 12.5 Å². The molecule has 0 radical (unpaired) electrons. The van der Waals surface area contributed by atoms with Gasteiger partial charge in [-0.2, -0.15) is 0 Å². The van der Waals surface area contributed by atoms with E-state index in [2.05, 4.69) is 30.3 Å². The Morgan fingerprint density at radius 1 is 1.56 bits per heavy atom. The van der Waals surface area contributed by atoms with Gasteiger partial charge in [-0.25, -0.2) is 0 Å². The van der Waals surface area contributed by atoms with Crippen LogP contribution in [-0.4, -0.2) is 38.1 Å². The Morgan fingerprint density at radius 3 is 2.78 bits per heavy atom. The summed E-state index contributed by atoms with van der Waals surface area (Å²) in [4.78, 5) is 15.4. The van der Waals surface area contributed by atoms with Crippen molar-refractivity contribution >= 4 is 17.3 Å². The fourth-order valence-electron chi connectivity index (χ4n) is 2.34. The molecule has 0 bridgehead atoms. The van der Waals surface area contributed by atoms with Crippen molar-refractivity contribution in [3.05, 3.63) is 21.9 Å². The van der Waals surface area contributed by atoms with Gasteiger partial charge in [-0.1, -0.05) is 0 Å². The highest BCUT2D eigenvalue weighted by Crippen LogP contribution is 2.47. The van der Waals surface area contributed by atoms with Crippen molar-refractivity contribution in [3.63, 3.8) is 0 Å². The molecular weight excluding hydrogens is 246 g/mol. The van der Waals surface area contributed by atoms with Crippen molar-refractivity contribution in [2.75, 3.05) is 27.2 Å². The summed E-state index contributed by atoms with van der Waals surface area (Å²) in [6.07, 6.45) is 3.02. The smallest absolute Gasteiger partial charge is 0.313 e. The number of methoxy groups -OCH3 is 1. The van der Waals surface area contributed by atoms with Gasteiger partial charge in [-0.3, -0.25) is 4.79 Å². The molecule has 0 saturated heterocycles. The van der Waals surface area contributed by atoms with Crippen LogP contribution in [0, 0.1) is 12.3 Å². The SMILES string of the molecule is COC(=O)C1(CN(C)CCc2sccc2C)CC1. The molecule has 0 N–H and O–H groups in total. The molecule has 0 aliphatic heterocycles. The zero-order valence-corrected chi connectivity index (χ0v) is 12.2. The van der Waals surface area contributed by atoms with Gasteiger partial charge in [-0.05, 0) is 50.2 Å². The lowest BCUT2D eigenvalue weighted by molar-refractivity contribution is -0.147. The van der Waals surface area contributed by atoms with E-state index >= 15 is 0 Å². The van der Waals surface area contributed by atoms with Gasteiger partial charge >= 0.3 is 5.97 Å². The molecule has 1 aromatic rings. The number of hydrogen-bond acceptors (Lipinski definition) is 4. The topological polar surface area (TPSA) is 29.5 Å². The molecule has 1 aromatic heterocycles. The monoisotopic (exact) mass is 267 g/mol. The lowest BCUT2D eigenvalue weighted by Gasteiger charge is -2.21. The zero-order chi connectivity index (χ0) is 13.2. The molecule has 100 valence electrons. The Balaban J connectivity index is 1.81. The zero-order valence-electron chi connectivity index (χ0n) is 11.4. The van der Waals surface area contributed by atoms with Gasteiger partial charge in [0.25, 0.3) is 0 Å². The average Bonchev–Trinajstić information content (AvgIpc) is 3.02. The third-order valence-corrected chi connectivity index (χ3v) is 4.82. The van der Waals surface area contributed by atoms with E-state index in [4.69, 9.17) is 4.74 Å². The molecule has 0 spiro atoms. The Kier molecular flexibility index (Phi) is 4.07. The molecule has 1 aliphatic carbocycles. The quantitative estimate of drug-likeness (QED) is 0.742. The highest BCUT2D eigenvalue weighted by Gasteiger charge is 2.51. The van der Waals surface area contributed by atoms with Crippen LogP contribution in [0.5, 0.6) is 0 Å². The summed E-state index contributed by atoms with van der Waals surface area (Å²) in [5.41, 5.74) is 1.18. The summed E-state index contributed by atoms with van der Waals surface area (Å²) in [6.45, 7) is 3.98. The van der Waals surface area contributed by atoms with E-state index in [0.717, 1.165) is 32.4 Å². The van der Waals surface area contributed by atoms with Gasteiger partial charge < -0.3 is 9.64 Å². The molecule has 18 heavy (non-hydrogen) atoms. The molecule has 1 heterocycles. The highest BCUT2D eigenvalue weighted by atomic mass is 32.1. The van der Waals surface area contributed by atoms with E-state index in [-0.39, 0.29) is 11.4 Å². The highest BCUT2D eigenvalue weighted by molar-refractivity contribution is 7.10. The van der Waals surface area contributed by atoms with Crippen molar-refractivity contribution in [2.24, 2.45) is 5.41 Å². The fourth-order valence-corrected chi connectivity index (χ4v) is 3.24. The van der Waals surface area contributed by atoms with Crippen molar-refractivity contribution in [1.82, 2.24) is 4.90 Å². The van der Waals surface area contributed by atoms with Crippen LogP contribution in [0.1, 0.15) is 23.3 Å². The van der Waals surface area contributed by atoms with E-state index in [1.807, 2.05) is 11.3 Å². The predicted octanol–water partition coefficient (Wildman–Crippen LogP) is 2.48. The third-order valence-electron chi connectivity index (χ3n) is 3.73. The molecule has 4 heteroatoms. The number of likely N-dealkylation sites (N-methyl/N-ethyl adjacent to an activating group) is 1. The molecular formula is C14H21NO2S. The number of nitrogens with zero attached hydrogens (tertiary/aromatic N) is 1. The van der Waals surface area contributed by atoms with E-state index in [1.54, 1.807) is 0 Å². The van der Waals surface area contributed by atoms with Crippen LogP contribution in [0.25, 0.3) is 0 Å². The number of carbonyl (C=O) groups excluding carboxylic acids is 1. The molecule has 3 nitrogen and oxygen atoms in total. The third kappa shape index (κ3) is 2.93. The van der Waals surface area contributed by atoms with Crippen molar-refractivity contribution in [3.8, 4) is 0 Å². The number of aryl methyl sites for hydroxylation is 1. The number of thiophene rings is 1. The van der Waals surface area contributed by atoms with Crippen LogP contribution in [0.15, 0.2) is 11.4 Å². The second kappa shape index (κ2) is 5.41. The summed E-state index contributed by atoms with van der Waals surface area (Å²) < 4.78 is 4.88. The number of ether oxygens (including phenoxy) is 1. The van der Waals surface area contributed by atoms with E-state index in [1.165, 1.54) is 17.6 Å². The lowest BCUT2D eigenvalue weighted by Crippen LogP contribution is -2.33. The first-order valence-electron chi connectivity index (χ1n) is 6.37. The normalized spacial score (nSPS) is 16.9. The minimum atomic E-state index is -0.200. The molecule has 0 unspecified atom stereocenters. The maximum atomic E-state index is 11.7. The van der Waals surface area contributed by atoms with Crippen LogP contribution < -0.4 is 0 Å². The van der Waals surface area contributed by atoms with E-state index in [9.17, 15) is 4.79 Å². The first kappa shape index (κ1) is 13.6. The molecule has 0 amide bonds. The van der Waals surface area contributed by atoms with Crippen LogP contribution in [0.3, 0.4) is 0 Å². The average molecular weight is 267 g/mol. The lowest BCUT2D eigenvalue weighted by atomic mass is 10.1. The second-order valence-electron chi connectivity index (χ2n) is 5.29. The van der Waals surface area contributed by atoms with E-state index in [0.29, 0.717) is 0 Å². The van der Waals surface area contributed by atoms with Gasteiger partial charge in [-0.15, -0.1) is 11.3 Å². The molecule has 1 fully saturated rings. The maximum Gasteiger partial charge on any atom is 0.313 e. The maximum absolute atomic E-state index is 11.7. The molecule has 0 aromatic carbocycles. The Labute approximate surface area is 113 Å². The van der Waals surface area contributed by atoms with Gasteiger partial charge in [0.15, 0.2) is 0 Å². The van der Waals surface area contributed by atoms with Crippen molar-refractivity contribution in [2.45, 2.75) is 26.2 Å². The van der Waals surface area contributed by atoms with Crippen molar-refractivity contribution < 1.29 is 9.53 Å². The second-order valence-corrected chi connectivity index (χ2v) is 6.29.